The smallest absolute Gasteiger partial charge is 0.307 e. The van der Waals surface area contributed by atoms with E-state index in [0.29, 0.717) is 13.0 Å². The normalized spacial score (nSPS) is 16.2. The topological polar surface area (TPSA) is 51.2 Å². The zero-order valence-corrected chi connectivity index (χ0v) is 15.5. The van der Waals surface area contributed by atoms with Crippen LogP contribution >= 0.6 is 0 Å². The fourth-order valence-electron chi connectivity index (χ4n) is 3.75. The van der Waals surface area contributed by atoms with Crippen molar-refractivity contribution in [2.24, 2.45) is 0 Å². The van der Waals surface area contributed by atoms with Crippen molar-refractivity contribution >= 4 is 5.97 Å². The Hall–Kier alpha value is -2.20. The average molecular weight is 352 g/mol. The lowest BCUT2D eigenvalue weighted by Gasteiger charge is -2.37. The Morgan fingerprint density at radius 2 is 1.88 bits per heavy atom. The summed E-state index contributed by atoms with van der Waals surface area (Å²) in [7, 11) is 0. The fraction of sp³-hybridized carbons (Fsp3) is 0.455. The third-order valence-corrected chi connectivity index (χ3v) is 5.18. The predicted molar refractivity (Wildman–Crippen MR) is 104 cm³/mol. The number of benzene rings is 1. The number of carbonyl (C=O) groups is 1. The molecule has 1 N–H and O–H groups in total. The van der Waals surface area contributed by atoms with Crippen LogP contribution in [0.25, 0.3) is 11.3 Å². The molecule has 0 bridgehead atoms. The molecule has 0 atom stereocenters. The van der Waals surface area contributed by atoms with Crippen molar-refractivity contribution in [2.75, 3.05) is 6.61 Å². The summed E-state index contributed by atoms with van der Waals surface area (Å²) in [5.41, 5.74) is 3.20. The lowest BCUT2D eigenvalue weighted by atomic mass is 9.79. The quantitative estimate of drug-likeness (QED) is 0.746. The molecule has 0 unspecified atom stereocenters. The zero-order valence-electron chi connectivity index (χ0n) is 15.5. The van der Waals surface area contributed by atoms with E-state index in [1.165, 1.54) is 24.8 Å². The van der Waals surface area contributed by atoms with Gasteiger partial charge >= 0.3 is 5.97 Å². The molecule has 4 nitrogen and oxygen atoms in total. The summed E-state index contributed by atoms with van der Waals surface area (Å²) >= 11 is 0. The van der Waals surface area contributed by atoms with Gasteiger partial charge in [0.15, 0.2) is 0 Å². The SMILES string of the molecule is CCOC(=O)CC1(NCc2ccc(-c3ccccn3)cc2)CCCCC1. The van der Waals surface area contributed by atoms with Crippen molar-refractivity contribution in [3.63, 3.8) is 0 Å². The van der Waals surface area contributed by atoms with Gasteiger partial charge in [0.25, 0.3) is 0 Å². The minimum atomic E-state index is -0.121. The Morgan fingerprint density at radius 1 is 1.12 bits per heavy atom. The number of nitrogens with zero attached hydrogens (tertiary/aromatic N) is 1. The van der Waals surface area contributed by atoms with Crippen LogP contribution in [-0.4, -0.2) is 23.1 Å². The lowest BCUT2D eigenvalue weighted by Crippen LogP contribution is -2.48. The number of ether oxygens (including phenoxy) is 1. The largest absolute Gasteiger partial charge is 0.466 e. The van der Waals surface area contributed by atoms with E-state index in [-0.39, 0.29) is 11.5 Å². The number of esters is 1. The van der Waals surface area contributed by atoms with Crippen molar-refractivity contribution in [3.05, 3.63) is 54.2 Å². The van der Waals surface area contributed by atoms with Crippen LogP contribution in [0.15, 0.2) is 48.7 Å². The van der Waals surface area contributed by atoms with E-state index in [9.17, 15) is 4.79 Å². The number of rotatable bonds is 7. The second-order valence-corrected chi connectivity index (χ2v) is 7.09. The first kappa shape index (κ1) is 18.6. The summed E-state index contributed by atoms with van der Waals surface area (Å²) in [6.07, 6.45) is 7.95. The fourth-order valence-corrected chi connectivity index (χ4v) is 3.75. The molecule has 1 aromatic carbocycles. The molecule has 4 heteroatoms. The molecule has 0 spiro atoms. The molecule has 3 rings (SSSR count). The average Bonchev–Trinajstić information content (AvgIpc) is 2.68. The zero-order chi connectivity index (χ0) is 18.2. The molecule has 1 heterocycles. The van der Waals surface area contributed by atoms with Gasteiger partial charge in [-0.25, -0.2) is 0 Å². The summed E-state index contributed by atoms with van der Waals surface area (Å²) < 4.78 is 5.20. The van der Waals surface area contributed by atoms with Gasteiger partial charge in [-0.15, -0.1) is 0 Å². The van der Waals surface area contributed by atoms with Gasteiger partial charge in [0.05, 0.1) is 18.7 Å². The predicted octanol–water partition coefficient (Wildman–Crippen LogP) is 4.49. The number of aromatic nitrogens is 1. The minimum Gasteiger partial charge on any atom is -0.466 e. The van der Waals surface area contributed by atoms with E-state index in [4.69, 9.17) is 4.74 Å². The molecule has 1 aliphatic rings. The highest BCUT2D eigenvalue weighted by Crippen LogP contribution is 2.32. The van der Waals surface area contributed by atoms with Gasteiger partial charge in [0.2, 0.25) is 0 Å². The van der Waals surface area contributed by atoms with E-state index in [1.807, 2.05) is 31.3 Å². The second-order valence-electron chi connectivity index (χ2n) is 7.09. The van der Waals surface area contributed by atoms with Gasteiger partial charge in [0, 0.05) is 23.8 Å². The van der Waals surface area contributed by atoms with E-state index in [2.05, 4.69) is 34.6 Å². The Labute approximate surface area is 156 Å². The van der Waals surface area contributed by atoms with Crippen LogP contribution in [0.3, 0.4) is 0 Å². The van der Waals surface area contributed by atoms with Crippen LogP contribution in [0, 0.1) is 0 Å². The van der Waals surface area contributed by atoms with E-state index < -0.39 is 0 Å². The molecule has 0 amide bonds. The van der Waals surface area contributed by atoms with E-state index >= 15 is 0 Å². The maximum atomic E-state index is 12.1. The highest BCUT2D eigenvalue weighted by atomic mass is 16.5. The first-order chi connectivity index (χ1) is 12.7. The van der Waals surface area contributed by atoms with E-state index in [1.54, 1.807) is 0 Å². The first-order valence-electron chi connectivity index (χ1n) is 9.62. The van der Waals surface area contributed by atoms with Crippen molar-refractivity contribution in [1.29, 1.82) is 0 Å². The molecule has 138 valence electrons. The number of carbonyl (C=O) groups excluding carboxylic acids is 1. The monoisotopic (exact) mass is 352 g/mol. The van der Waals surface area contributed by atoms with Crippen molar-refractivity contribution in [2.45, 2.75) is 57.5 Å². The molecule has 1 fully saturated rings. The second kappa shape index (κ2) is 8.95. The Kier molecular flexibility index (Phi) is 6.40. The molecule has 1 aliphatic carbocycles. The molecule has 1 saturated carbocycles. The summed E-state index contributed by atoms with van der Waals surface area (Å²) in [6.45, 7) is 3.08. The van der Waals surface area contributed by atoms with Crippen molar-refractivity contribution < 1.29 is 9.53 Å². The molecule has 26 heavy (non-hydrogen) atoms. The summed E-state index contributed by atoms with van der Waals surface area (Å²) in [6, 6.07) is 14.4. The van der Waals surface area contributed by atoms with Gasteiger partial charge in [-0.05, 0) is 37.5 Å². The Bertz CT molecular complexity index is 692. The number of hydrogen-bond acceptors (Lipinski definition) is 4. The highest BCUT2D eigenvalue weighted by molar-refractivity contribution is 5.71. The van der Waals surface area contributed by atoms with Gasteiger partial charge < -0.3 is 10.1 Å². The minimum absolute atomic E-state index is 0.0904. The van der Waals surface area contributed by atoms with Gasteiger partial charge in [-0.3, -0.25) is 9.78 Å². The summed E-state index contributed by atoms with van der Waals surface area (Å²) in [5, 5.41) is 3.68. The van der Waals surface area contributed by atoms with Gasteiger partial charge in [-0.2, -0.15) is 0 Å². The van der Waals surface area contributed by atoms with Crippen LogP contribution in [0.1, 0.15) is 51.0 Å². The van der Waals surface area contributed by atoms with E-state index in [0.717, 1.165) is 30.6 Å². The Morgan fingerprint density at radius 3 is 2.54 bits per heavy atom. The van der Waals surface area contributed by atoms with Crippen LogP contribution in [0.5, 0.6) is 0 Å². The summed E-state index contributed by atoms with van der Waals surface area (Å²) in [5.74, 6) is -0.0904. The standard InChI is InChI=1S/C22H28N2O2/c1-2-26-21(25)16-22(13-5-3-6-14-22)24-17-18-9-11-19(12-10-18)20-8-4-7-15-23-20/h4,7-12,15,24H,2-3,5-6,13-14,16-17H2,1H3. The van der Waals surface area contributed by atoms with Crippen LogP contribution in [0.4, 0.5) is 0 Å². The number of pyridine rings is 1. The van der Waals surface area contributed by atoms with Gasteiger partial charge in [-0.1, -0.05) is 49.6 Å². The van der Waals surface area contributed by atoms with Crippen LogP contribution < -0.4 is 5.32 Å². The molecular formula is C22H28N2O2. The highest BCUT2D eigenvalue weighted by Gasteiger charge is 2.34. The molecule has 0 radical (unpaired) electrons. The van der Waals surface area contributed by atoms with Crippen molar-refractivity contribution in [1.82, 2.24) is 10.3 Å². The molecule has 1 aromatic heterocycles. The summed E-state index contributed by atoms with van der Waals surface area (Å²) in [4.78, 5) is 16.5. The molecule has 0 saturated heterocycles. The number of nitrogens with one attached hydrogen (secondary N) is 1. The van der Waals surface area contributed by atoms with Crippen LogP contribution in [-0.2, 0) is 16.1 Å². The molecular weight excluding hydrogens is 324 g/mol. The Balaban J connectivity index is 1.64. The van der Waals surface area contributed by atoms with Crippen molar-refractivity contribution in [3.8, 4) is 11.3 Å². The molecule has 0 aliphatic heterocycles. The maximum absolute atomic E-state index is 12.1. The third kappa shape index (κ3) is 4.92. The first-order valence-corrected chi connectivity index (χ1v) is 9.62. The third-order valence-electron chi connectivity index (χ3n) is 5.18. The molecule has 2 aromatic rings. The van der Waals surface area contributed by atoms with Gasteiger partial charge in [0.1, 0.15) is 0 Å². The maximum Gasteiger partial charge on any atom is 0.307 e. The van der Waals surface area contributed by atoms with Crippen LogP contribution in [0.2, 0.25) is 0 Å². The number of hydrogen-bond donors (Lipinski definition) is 1. The lowest BCUT2D eigenvalue weighted by molar-refractivity contribution is -0.145.